The molecule has 3 rings (SSSR count). The predicted molar refractivity (Wildman–Crippen MR) is 108 cm³/mol. The molecule has 0 bridgehead atoms. The van der Waals surface area contributed by atoms with Gasteiger partial charge in [0.15, 0.2) is 9.84 Å². The largest absolute Gasteiger partial charge is 0.334 e. The van der Waals surface area contributed by atoms with Gasteiger partial charge in [0.1, 0.15) is 11.1 Å². The molecular formula is C20H19ClN2O4S. The third kappa shape index (κ3) is 4.61. The van der Waals surface area contributed by atoms with E-state index in [0.717, 1.165) is 0 Å². The number of benzene rings is 2. The molecule has 1 heterocycles. The maximum Gasteiger partial charge on any atom is 0.270 e. The molecule has 2 N–H and O–H groups in total. The quantitative estimate of drug-likeness (QED) is 0.730. The Morgan fingerprint density at radius 1 is 0.929 bits per heavy atom. The second-order valence-electron chi connectivity index (χ2n) is 6.35. The first-order valence-electron chi connectivity index (χ1n) is 8.72. The summed E-state index contributed by atoms with van der Waals surface area (Å²) in [7, 11) is -3.40. The Morgan fingerprint density at radius 2 is 1.50 bits per heavy atom. The minimum atomic E-state index is -3.40. The van der Waals surface area contributed by atoms with Gasteiger partial charge in [0.25, 0.3) is 11.8 Å². The zero-order chi connectivity index (χ0) is 20.1. The lowest BCUT2D eigenvalue weighted by Gasteiger charge is -2.16. The number of carbonyl (C=O) groups excluding carboxylic acids is 2. The molecule has 0 spiro atoms. The zero-order valence-electron chi connectivity index (χ0n) is 14.9. The van der Waals surface area contributed by atoms with Gasteiger partial charge in [-0.1, -0.05) is 60.1 Å². The SMILES string of the molecule is O=C(NC1CCCS1(=O)=O)C(NC(=O)c1ccccc1)=C(Cl)c1ccccc1. The Kier molecular flexibility index (Phi) is 6.16. The smallest absolute Gasteiger partial charge is 0.270 e. The van der Waals surface area contributed by atoms with E-state index in [2.05, 4.69) is 10.6 Å². The van der Waals surface area contributed by atoms with E-state index in [1.54, 1.807) is 60.7 Å². The molecular weight excluding hydrogens is 400 g/mol. The van der Waals surface area contributed by atoms with Crippen LogP contribution < -0.4 is 10.6 Å². The summed E-state index contributed by atoms with van der Waals surface area (Å²) < 4.78 is 24.1. The average Bonchev–Trinajstić information content (AvgIpc) is 3.04. The van der Waals surface area contributed by atoms with Crippen LogP contribution in [0.15, 0.2) is 66.4 Å². The molecule has 2 aromatic rings. The van der Waals surface area contributed by atoms with Crippen LogP contribution in [0, 0.1) is 0 Å². The maximum absolute atomic E-state index is 12.8. The summed E-state index contributed by atoms with van der Waals surface area (Å²) in [5.41, 5.74) is 0.680. The fourth-order valence-electron chi connectivity index (χ4n) is 2.89. The van der Waals surface area contributed by atoms with Gasteiger partial charge in [-0.25, -0.2) is 8.42 Å². The summed E-state index contributed by atoms with van der Waals surface area (Å²) in [5.74, 6) is -1.23. The van der Waals surface area contributed by atoms with Crippen LogP contribution in [0.2, 0.25) is 0 Å². The molecule has 2 amide bonds. The number of nitrogens with one attached hydrogen (secondary N) is 2. The van der Waals surface area contributed by atoms with Crippen molar-refractivity contribution in [3.63, 3.8) is 0 Å². The summed E-state index contributed by atoms with van der Waals surface area (Å²) in [6, 6.07) is 17.0. The summed E-state index contributed by atoms with van der Waals surface area (Å²) >= 11 is 6.41. The highest BCUT2D eigenvalue weighted by Gasteiger charge is 2.34. The Morgan fingerprint density at radius 3 is 2.04 bits per heavy atom. The molecule has 1 fully saturated rings. The molecule has 0 saturated carbocycles. The van der Waals surface area contributed by atoms with E-state index < -0.39 is 27.0 Å². The van der Waals surface area contributed by atoms with E-state index in [-0.39, 0.29) is 16.5 Å². The minimum Gasteiger partial charge on any atom is -0.334 e. The lowest BCUT2D eigenvalue weighted by Crippen LogP contribution is -2.42. The second kappa shape index (κ2) is 8.58. The molecule has 2 aromatic carbocycles. The monoisotopic (exact) mass is 418 g/mol. The Bertz CT molecular complexity index is 1010. The Hall–Kier alpha value is -2.64. The highest BCUT2D eigenvalue weighted by molar-refractivity contribution is 7.92. The molecule has 1 saturated heterocycles. The van der Waals surface area contributed by atoms with Gasteiger partial charge in [0.05, 0.1) is 10.8 Å². The fraction of sp³-hybridized carbons (Fsp3) is 0.200. The van der Waals surface area contributed by atoms with Crippen LogP contribution in [0.5, 0.6) is 0 Å². The van der Waals surface area contributed by atoms with Crippen LogP contribution in [-0.2, 0) is 14.6 Å². The highest BCUT2D eigenvalue weighted by Crippen LogP contribution is 2.24. The molecule has 0 aliphatic carbocycles. The van der Waals surface area contributed by atoms with Gasteiger partial charge in [-0.2, -0.15) is 0 Å². The van der Waals surface area contributed by atoms with E-state index in [4.69, 9.17) is 11.6 Å². The standard InChI is InChI=1S/C20H19ClN2O4S/c21-17(14-8-3-1-4-9-14)18(23-19(24)15-10-5-2-6-11-15)20(25)22-16-12-7-13-28(16,26)27/h1-6,8-11,16H,7,12-13H2,(H,22,25)(H,23,24). The number of amides is 2. The molecule has 0 radical (unpaired) electrons. The molecule has 8 heteroatoms. The van der Waals surface area contributed by atoms with Gasteiger partial charge in [-0.05, 0) is 30.5 Å². The van der Waals surface area contributed by atoms with Crippen molar-refractivity contribution in [1.29, 1.82) is 0 Å². The van der Waals surface area contributed by atoms with Crippen molar-refractivity contribution >= 4 is 38.3 Å². The third-order valence-corrected chi connectivity index (χ3v) is 6.85. The molecule has 146 valence electrons. The van der Waals surface area contributed by atoms with Crippen LogP contribution in [0.3, 0.4) is 0 Å². The van der Waals surface area contributed by atoms with Crippen LogP contribution >= 0.6 is 11.6 Å². The van der Waals surface area contributed by atoms with E-state index in [1.807, 2.05) is 0 Å². The normalized spacial score (nSPS) is 18.8. The summed E-state index contributed by atoms with van der Waals surface area (Å²) in [5, 5.41) is 4.07. The van der Waals surface area contributed by atoms with Crippen molar-refractivity contribution in [2.24, 2.45) is 0 Å². The fourth-order valence-corrected chi connectivity index (χ4v) is 4.81. The number of rotatable bonds is 5. The molecule has 1 atom stereocenters. The number of hydrogen-bond acceptors (Lipinski definition) is 4. The van der Waals surface area contributed by atoms with Crippen LogP contribution in [0.1, 0.15) is 28.8 Å². The van der Waals surface area contributed by atoms with Gasteiger partial charge >= 0.3 is 0 Å². The zero-order valence-corrected chi connectivity index (χ0v) is 16.5. The first-order valence-corrected chi connectivity index (χ1v) is 10.8. The van der Waals surface area contributed by atoms with E-state index in [0.29, 0.717) is 24.0 Å². The van der Waals surface area contributed by atoms with Crippen molar-refractivity contribution < 1.29 is 18.0 Å². The molecule has 28 heavy (non-hydrogen) atoms. The van der Waals surface area contributed by atoms with Gasteiger partial charge in [0.2, 0.25) is 0 Å². The Balaban J connectivity index is 1.92. The lowest BCUT2D eigenvalue weighted by molar-refractivity contribution is -0.118. The number of hydrogen-bond donors (Lipinski definition) is 2. The van der Waals surface area contributed by atoms with Crippen LogP contribution in [0.4, 0.5) is 0 Å². The number of halogens is 1. The van der Waals surface area contributed by atoms with Gasteiger partial charge in [0, 0.05) is 5.56 Å². The van der Waals surface area contributed by atoms with Crippen molar-refractivity contribution in [3.05, 3.63) is 77.5 Å². The minimum absolute atomic E-state index is 0.0257. The maximum atomic E-state index is 12.8. The summed E-state index contributed by atoms with van der Waals surface area (Å²) in [4.78, 5) is 25.4. The van der Waals surface area contributed by atoms with E-state index in [9.17, 15) is 18.0 Å². The van der Waals surface area contributed by atoms with Gasteiger partial charge in [-0.15, -0.1) is 0 Å². The first-order chi connectivity index (χ1) is 13.4. The van der Waals surface area contributed by atoms with Crippen LogP contribution in [0.25, 0.3) is 5.03 Å². The van der Waals surface area contributed by atoms with Crippen LogP contribution in [-0.4, -0.2) is 31.4 Å². The summed E-state index contributed by atoms with van der Waals surface area (Å²) in [6.07, 6.45) is 0.812. The molecule has 6 nitrogen and oxygen atoms in total. The van der Waals surface area contributed by atoms with Gasteiger partial charge < -0.3 is 10.6 Å². The Labute approximate surface area is 168 Å². The second-order valence-corrected chi connectivity index (χ2v) is 9.03. The third-order valence-electron chi connectivity index (χ3n) is 4.37. The van der Waals surface area contributed by atoms with E-state index >= 15 is 0 Å². The molecule has 1 unspecified atom stereocenters. The predicted octanol–water partition coefficient (Wildman–Crippen LogP) is 2.67. The molecule has 1 aliphatic rings. The lowest BCUT2D eigenvalue weighted by atomic mass is 10.1. The molecule has 1 aliphatic heterocycles. The highest BCUT2D eigenvalue weighted by atomic mass is 35.5. The first kappa shape index (κ1) is 20.1. The van der Waals surface area contributed by atoms with Crippen molar-refractivity contribution in [3.8, 4) is 0 Å². The van der Waals surface area contributed by atoms with E-state index in [1.165, 1.54) is 0 Å². The van der Waals surface area contributed by atoms with Crippen molar-refractivity contribution in [2.75, 3.05) is 5.75 Å². The van der Waals surface area contributed by atoms with Crippen molar-refractivity contribution in [1.82, 2.24) is 10.6 Å². The molecule has 0 aromatic heterocycles. The van der Waals surface area contributed by atoms with Crippen molar-refractivity contribution in [2.45, 2.75) is 18.2 Å². The summed E-state index contributed by atoms with van der Waals surface area (Å²) in [6.45, 7) is 0. The number of carbonyl (C=O) groups is 2. The number of sulfone groups is 1. The topological polar surface area (TPSA) is 92.3 Å². The van der Waals surface area contributed by atoms with Gasteiger partial charge in [-0.3, -0.25) is 9.59 Å². The average molecular weight is 419 g/mol.